The van der Waals surface area contributed by atoms with E-state index in [2.05, 4.69) is 54.3 Å². The van der Waals surface area contributed by atoms with Gasteiger partial charge in [0.1, 0.15) is 18.4 Å². The molecule has 0 saturated carbocycles. The fourth-order valence-electron chi connectivity index (χ4n) is 3.46. The highest BCUT2D eigenvalue weighted by molar-refractivity contribution is 7.20. The number of thiophene rings is 1. The topological polar surface area (TPSA) is 88.6 Å². The Kier molecular flexibility index (Phi) is 12.9. The normalized spacial score (nSPS) is 12.9. The van der Waals surface area contributed by atoms with Gasteiger partial charge >= 0.3 is 0 Å². The quantitative estimate of drug-likeness (QED) is 0.602. The van der Waals surface area contributed by atoms with Gasteiger partial charge in [0.25, 0.3) is 5.91 Å². The fourth-order valence-corrected chi connectivity index (χ4v) is 4.68. The smallest absolute Gasteiger partial charge is 0.261 e. The second-order valence-electron chi connectivity index (χ2n) is 7.90. The molecule has 1 aliphatic heterocycles. The third-order valence-electron chi connectivity index (χ3n) is 5.24. The number of hydrogen-bond acceptors (Lipinski definition) is 7. The van der Waals surface area contributed by atoms with Gasteiger partial charge in [-0.05, 0) is 57.5 Å². The number of carbonyl (C=O) groups is 3. The van der Waals surface area contributed by atoms with Gasteiger partial charge in [0.15, 0.2) is 0 Å². The van der Waals surface area contributed by atoms with E-state index in [0.717, 1.165) is 58.2 Å². The predicted octanol–water partition coefficient (Wildman–Crippen LogP) is 4.04. The van der Waals surface area contributed by atoms with E-state index in [4.69, 9.17) is 14.3 Å². The third kappa shape index (κ3) is 8.44. The van der Waals surface area contributed by atoms with Gasteiger partial charge in [0.2, 0.25) is 0 Å². The monoisotopic (exact) mass is 485 g/mol. The average Bonchev–Trinajstić information content (AvgIpc) is 3.18. The number of aryl methyl sites for hydroxylation is 4. The lowest BCUT2D eigenvalue weighted by molar-refractivity contribution is -0.0987. The maximum Gasteiger partial charge on any atom is 0.261 e. The van der Waals surface area contributed by atoms with Crippen LogP contribution in [0.5, 0.6) is 0 Å². The first kappa shape index (κ1) is 29.1. The molecule has 0 unspecified atom stereocenters. The molecule has 1 aromatic carbocycles. The van der Waals surface area contributed by atoms with Crippen LogP contribution >= 0.6 is 11.3 Å². The fraction of sp³-hybridized carbons (Fsp3) is 0.385. The van der Waals surface area contributed by atoms with E-state index in [0.29, 0.717) is 6.54 Å². The summed E-state index contributed by atoms with van der Waals surface area (Å²) in [7, 11) is 2.11. The van der Waals surface area contributed by atoms with Gasteiger partial charge in [-0.3, -0.25) is 4.79 Å². The Labute approximate surface area is 206 Å². The molecule has 34 heavy (non-hydrogen) atoms. The summed E-state index contributed by atoms with van der Waals surface area (Å²) >= 11 is 1.47. The van der Waals surface area contributed by atoms with E-state index in [1.807, 2.05) is 39.6 Å². The highest BCUT2D eigenvalue weighted by Crippen LogP contribution is 2.32. The summed E-state index contributed by atoms with van der Waals surface area (Å²) in [4.78, 5) is 37.1. The number of likely N-dealkylation sites (N-methyl/N-ethyl adjacent to an activating group) is 1. The summed E-state index contributed by atoms with van der Waals surface area (Å²) in [6, 6.07) is 10.3. The molecule has 1 saturated heterocycles. The van der Waals surface area contributed by atoms with Crippen molar-refractivity contribution in [3.63, 3.8) is 0 Å². The minimum absolute atomic E-state index is 0.0249. The van der Waals surface area contributed by atoms with E-state index in [9.17, 15) is 4.79 Å². The predicted molar refractivity (Wildman–Crippen MR) is 139 cm³/mol. The zero-order valence-corrected chi connectivity index (χ0v) is 21.6. The van der Waals surface area contributed by atoms with E-state index in [1.165, 1.54) is 22.5 Å². The molecule has 184 valence electrons. The molecular weight excluding hydrogens is 450 g/mol. The van der Waals surface area contributed by atoms with Crippen molar-refractivity contribution in [3.8, 4) is 0 Å². The van der Waals surface area contributed by atoms with Crippen LogP contribution in [0.2, 0.25) is 0 Å². The summed E-state index contributed by atoms with van der Waals surface area (Å²) in [6.45, 7) is 16.7. The summed E-state index contributed by atoms with van der Waals surface area (Å²) in [6.07, 6.45) is 0. The summed E-state index contributed by atoms with van der Waals surface area (Å²) in [5.74, 6) is -0.0249. The molecule has 0 atom stereocenters. The molecule has 0 bridgehead atoms. The molecule has 7 nitrogen and oxygen atoms in total. The number of nitrogens with zero attached hydrogens (tertiary/aromatic N) is 2. The number of morpholine rings is 1. The first-order valence-corrected chi connectivity index (χ1v) is 11.7. The molecule has 1 amide bonds. The van der Waals surface area contributed by atoms with Crippen LogP contribution < -0.4 is 5.32 Å². The number of benzene rings is 1. The van der Waals surface area contributed by atoms with Crippen molar-refractivity contribution < 1.29 is 19.1 Å². The highest BCUT2D eigenvalue weighted by atomic mass is 32.1. The average molecular weight is 486 g/mol. The maximum atomic E-state index is 12.5. The van der Waals surface area contributed by atoms with Crippen LogP contribution in [0.25, 0.3) is 10.2 Å². The molecule has 0 aliphatic carbocycles. The van der Waals surface area contributed by atoms with Gasteiger partial charge in [-0.15, -0.1) is 11.3 Å². The summed E-state index contributed by atoms with van der Waals surface area (Å²) < 4.78 is 5.10. The number of aromatic nitrogens is 1. The number of carbonyl (C=O) groups excluding carboxylic acids is 3. The van der Waals surface area contributed by atoms with Crippen LogP contribution in [0.1, 0.15) is 37.6 Å². The molecule has 0 radical (unpaired) electrons. The Morgan fingerprint density at radius 3 is 2.18 bits per heavy atom. The van der Waals surface area contributed by atoms with Crippen molar-refractivity contribution in [1.29, 1.82) is 0 Å². The van der Waals surface area contributed by atoms with Crippen molar-refractivity contribution in [2.24, 2.45) is 0 Å². The number of rotatable bonds is 3. The second-order valence-corrected chi connectivity index (χ2v) is 8.90. The second kappa shape index (κ2) is 15.1. The molecule has 2 aromatic heterocycles. The minimum Gasteiger partial charge on any atom is -0.379 e. The zero-order valence-electron chi connectivity index (χ0n) is 20.8. The lowest BCUT2D eigenvalue weighted by Gasteiger charge is -2.21. The van der Waals surface area contributed by atoms with Gasteiger partial charge in [0.05, 0.1) is 18.1 Å². The molecule has 1 N–H and O–H groups in total. The van der Waals surface area contributed by atoms with E-state index >= 15 is 0 Å². The van der Waals surface area contributed by atoms with Crippen molar-refractivity contribution in [3.05, 3.63) is 63.2 Å². The highest BCUT2D eigenvalue weighted by Gasteiger charge is 2.17. The molecule has 1 aliphatic rings. The van der Waals surface area contributed by atoms with Gasteiger partial charge in [-0.1, -0.05) is 29.8 Å². The minimum atomic E-state index is -0.0249. The Bertz CT molecular complexity index is 1040. The number of pyridine rings is 1. The number of ether oxygens (including phenoxy) is 1. The molecule has 3 heterocycles. The number of fused-ring (bicyclic) bond motifs is 1. The molecular formula is C26H35N3O4S. The Morgan fingerprint density at radius 1 is 1.06 bits per heavy atom. The lowest BCUT2D eigenvalue weighted by Crippen LogP contribution is -2.32. The number of hydrogen-bond donors (Lipinski definition) is 1. The Morgan fingerprint density at radius 2 is 1.65 bits per heavy atom. The third-order valence-corrected chi connectivity index (χ3v) is 6.42. The SMILES string of the molecule is C=O.C=O.CN1CCOCC1.Cc1ccc(CNC(=O)c2sc3nc(C)cc(C)c3c2C)cc1. The van der Waals surface area contributed by atoms with Crippen LogP contribution in [-0.4, -0.2) is 62.7 Å². The van der Waals surface area contributed by atoms with Crippen LogP contribution in [0.15, 0.2) is 30.3 Å². The van der Waals surface area contributed by atoms with E-state index < -0.39 is 0 Å². The molecule has 8 heteroatoms. The summed E-state index contributed by atoms with van der Waals surface area (Å²) in [5, 5.41) is 4.13. The molecule has 0 spiro atoms. The maximum absolute atomic E-state index is 12.5. The lowest BCUT2D eigenvalue weighted by atomic mass is 10.1. The van der Waals surface area contributed by atoms with Gasteiger partial charge in [-0.25, -0.2) is 4.98 Å². The Hall–Kier alpha value is -2.94. The summed E-state index contributed by atoms with van der Waals surface area (Å²) in [5.41, 5.74) is 5.52. The number of amides is 1. The Balaban J connectivity index is 0.000000441. The van der Waals surface area contributed by atoms with Crippen LogP contribution in [0.4, 0.5) is 0 Å². The van der Waals surface area contributed by atoms with Crippen LogP contribution in [0, 0.1) is 27.7 Å². The van der Waals surface area contributed by atoms with Crippen molar-refractivity contribution in [2.45, 2.75) is 34.2 Å². The van der Waals surface area contributed by atoms with Crippen molar-refractivity contribution >= 4 is 41.0 Å². The molecule has 4 rings (SSSR count). The zero-order chi connectivity index (χ0) is 25.7. The first-order valence-electron chi connectivity index (χ1n) is 10.9. The first-order chi connectivity index (χ1) is 16.3. The van der Waals surface area contributed by atoms with Crippen LogP contribution in [-0.2, 0) is 20.9 Å². The van der Waals surface area contributed by atoms with E-state index in [-0.39, 0.29) is 5.91 Å². The molecule has 3 aromatic rings. The standard InChI is InChI=1S/C19H20N2OS.C5H11NO.2CH2O/c1-11-5-7-15(8-6-11)10-20-18(22)17-14(4)16-12(2)9-13(3)21-19(16)23-17;1-6-2-4-7-5-3-6;2*1-2/h5-9H,10H2,1-4H3,(H,20,22);2-5H2,1H3;2*1H2. The van der Waals surface area contributed by atoms with Gasteiger partial charge in [0, 0.05) is 30.7 Å². The van der Waals surface area contributed by atoms with Crippen LogP contribution in [0.3, 0.4) is 0 Å². The number of nitrogens with one attached hydrogen (secondary N) is 1. The van der Waals surface area contributed by atoms with Crippen molar-refractivity contribution in [1.82, 2.24) is 15.2 Å². The van der Waals surface area contributed by atoms with Gasteiger partial charge < -0.3 is 24.5 Å². The molecule has 1 fully saturated rings. The van der Waals surface area contributed by atoms with Gasteiger partial charge in [-0.2, -0.15) is 0 Å². The van der Waals surface area contributed by atoms with E-state index in [1.54, 1.807) is 0 Å². The van der Waals surface area contributed by atoms with Crippen molar-refractivity contribution in [2.75, 3.05) is 33.4 Å². The largest absolute Gasteiger partial charge is 0.379 e.